The van der Waals surface area contributed by atoms with Gasteiger partial charge in [-0.25, -0.2) is 4.68 Å². The number of aryl methyl sites for hydroxylation is 1. The Morgan fingerprint density at radius 2 is 1.76 bits per heavy atom. The maximum atomic E-state index is 12.9. The molecular weight excluding hydrogens is 460 g/mol. The van der Waals surface area contributed by atoms with Crippen LogP contribution < -0.4 is 24.8 Å². The van der Waals surface area contributed by atoms with Gasteiger partial charge in [0.2, 0.25) is 11.7 Å². The van der Waals surface area contributed by atoms with Gasteiger partial charge in [-0.05, 0) is 24.1 Å². The van der Waals surface area contributed by atoms with E-state index in [0.717, 1.165) is 16.8 Å². The molecule has 0 aliphatic carbocycles. The summed E-state index contributed by atoms with van der Waals surface area (Å²) in [5.74, 6) is 1.16. The lowest BCUT2D eigenvalue weighted by Gasteiger charge is -2.15. The Hall–Kier alpha value is -3.72. The van der Waals surface area contributed by atoms with Crippen LogP contribution in [0.2, 0.25) is 5.02 Å². The van der Waals surface area contributed by atoms with Gasteiger partial charge in [-0.15, -0.1) is 0 Å². The summed E-state index contributed by atoms with van der Waals surface area (Å²) < 4.78 is 17.6. The van der Waals surface area contributed by atoms with E-state index in [4.69, 9.17) is 25.8 Å². The van der Waals surface area contributed by atoms with Crippen LogP contribution in [0.3, 0.4) is 0 Å². The Kier molecular flexibility index (Phi) is 6.65. The molecule has 0 fully saturated rings. The Morgan fingerprint density at radius 1 is 1.12 bits per heavy atom. The number of rotatable bonds is 8. The first-order valence-corrected chi connectivity index (χ1v) is 11.1. The highest BCUT2D eigenvalue weighted by Gasteiger charge is 2.36. The van der Waals surface area contributed by atoms with Crippen LogP contribution in [0.15, 0.2) is 36.4 Å². The average molecular weight is 485 g/mol. The molecule has 3 aromatic rings. The molecule has 4 rings (SSSR count). The molecule has 1 unspecified atom stereocenters. The number of benzene rings is 2. The van der Waals surface area contributed by atoms with E-state index >= 15 is 0 Å². The Morgan fingerprint density at radius 3 is 2.32 bits per heavy atom. The van der Waals surface area contributed by atoms with Crippen molar-refractivity contribution in [2.24, 2.45) is 0 Å². The molecule has 1 aliphatic heterocycles. The second-order valence-corrected chi connectivity index (χ2v) is 8.08. The van der Waals surface area contributed by atoms with Gasteiger partial charge in [-0.1, -0.05) is 30.7 Å². The molecule has 2 amide bonds. The van der Waals surface area contributed by atoms with Gasteiger partial charge in [0.1, 0.15) is 11.9 Å². The van der Waals surface area contributed by atoms with Crippen molar-refractivity contribution in [3.05, 3.63) is 47.1 Å². The minimum atomic E-state index is -0.775. The van der Waals surface area contributed by atoms with E-state index in [1.165, 1.54) is 21.3 Å². The van der Waals surface area contributed by atoms with E-state index in [2.05, 4.69) is 15.7 Å². The summed E-state index contributed by atoms with van der Waals surface area (Å²) in [4.78, 5) is 25.7. The molecule has 0 bridgehead atoms. The predicted molar refractivity (Wildman–Crippen MR) is 129 cm³/mol. The van der Waals surface area contributed by atoms with Gasteiger partial charge in [-0.2, -0.15) is 5.10 Å². The number of fused-ring (bicyclic) bond motifs is 1. The highest BCUT2D eigenvalue weighted by molar-refractivity contribution is 6.30. The predicted octanol–water partition coefficient (Wildman–Crippen LogP) is 4.31. The largest absolute Gasteiger partial charge is 0.493 e. The van der Waals surface area contributed by atoms with E-state index in [1.807, 2.05) is 19.1 Å². The molecule has 1 aliphatic rings. The molecule has 0 spiro atoms. The van der Waals surface area contributed by atoms with Crippen LogP contribution in [0, 0.1) is 0 Å². The molecule has 1 aromatic heterocycles. The molecule has 9 nitrogen and oxygen atoms in total. The quantitative estimate of drug-likeness (QED) is 0.493. The number of halogens is 1. The van der Waals surface area contributed by atoms with Crippen molar-refractivity contribution >= 4 is 34.9 Å². The lowest BCUT2D eigenvalue weighted by atomic mass is 10.0. The first-order chi connectivity index (χ1) is 16.4. The third-order valence-electron chi connectivity index (χ3n) is 5.62. The summed E-state index contributed by atoms with van der Waals surface area (Å²) in [5, 5.41) is 11.0. The van der Waals surface area contributed by atoms with Gasteiger partial charge in [-0.3, -0.25) is 9.59 Å². The minimum absolute atomic E-state index is 0.0968. The number of hydrogen-bond acceptors (Lipinski definition) is 6. The number of nitrogens with one attached hydrogen (secondary N) is 2. The number of carbonyl (C=O) groups is 2. The molecule has 2 N–H and O–H groups in total. The Bertz CT molecular complexity index is 1210. The van der Waals surface area contributed by atoms with E-state index in [1.54, 1.807) is 28.9 Å². The number of carbonyl (C=O) groups excluding carboxylic acids is 2. The summed E-state index contributed by atoms with van der Waals surface area (Å²) >= 11 is 6.03. The van der Waals surface area contributed by atoms with Gasteiger partial charge in [0.25, 0.3) is 5.91 Å². The minimum Gasteiger partial charge on any atom is -0.493 e. The Balaban J connectivity index is 1.59. The van der Waals surface area contributed by atoms with Crippen molar-refractivity contribution in [2.45, 2.75) is 25.8 Å². The summed E-state index contributed by atoms with van der Waals surface area (Å²) in [5.41, 5.74) is 3.01. The van der Waals surface area contributed by atoms with Gasteiger partial charge >= 0.3 is 0 Å². The van der Waals surface area contributed by atoms with Crippen LogP contribution >= 0.6 is 11.6 Å². The molecule has 0 radical (unpaired) electrons. The molecule has 0 saturated heterocycles. The van der Waals surface area contributed by atoms with Crippen LogP contribution in [-0.4, -0.2) is 42.9 Å². The molecule has 1 atom stereocenters. The van der Waals surface area contributed by atoms with Crippen LogP contribution in [0.1, 0.15) is 25.1 Å². The maximum absolute atomic E-state index is 12.9. The van der Waals surface area contributed by atoms with Crippen molar-refractivity contribution in [2.75, 3.05) is 32.0 Å². The summed E-state index contributed by atoms with van der Waals surface area (Å²) in [6.45, 7) is 1.99. The first kappa shape index (κ1) is 23.4. The van der Waals surface area contributed by atoms with E-state index < -0.39 is 6.04 Å². The highest BCUT2D eigenvalue weighted by atomic mass is 35.5. The van der Waals surface area contributed by atoms with Gasteiger partial charge < -0.3 is 24.8 Å². The lowest BCUT2D eigenvalue weighted by Crippen LogP contribution is -2.24. The zero-order valence-corrected chi connectivity index (χ0v) is 20.0. The summed E-state index contributed by atoms with van der Waals surface area (Å²) in [7, 11) is 4.49. The second-order valence-electron chi connectivity index (χ2n) is 7.65. The Labute approximate surface area is 201 Å². The van der Waals surface area contributed by atoms with Crippen LogP contribution in [-0.2, 0) is 16.0 Å². The van der Waals surface area contributed by atoms with Crippen molar-refractivity contribution in [1.29, 1.82) is 0 Å². The zero-order chi connectivity index (χ0) is 24.4. The fourth-order valence-corrected chi connectivity index (χ4v) is 4.15. The highest BCUT2D eigenvalue weighted by Crippen LogP contribution is 2.41. The number of anilines is 2. The topological polar surface area (TPSA) is 104 Å². The number of amides is 2. The van der Waals surface area contributed by atoms with Gasteiger partial charge in [0, 0.05) is 28.4 Å². The number of hydrogen-bond donors (Lipinski definition) is 2. The first-order valence-electron chi connectivity index (χ1n) is 10.7. The number of nitrogens with zero attached hydrogens (tertiary/aromatic N) is 2. The number of ether oxygens (including phenoxy) is 3. The normalized spacial score (nSPS) is 14.4. The van der Waals surface area contributed by atoms with Gasteiger partial charge in [0.15, 0.2) is 11.5 Å². The van der Waals surface area contributed by atoms with E-state index in [0.29, 0.717) is 40.2 Å². The van der Waals surface area contributed by atoms with Gasteiger partial charge in [0.05, 0.1) is 33.4 Å². The second kappa shape index (κ2) is 9.64. The van der Waals surface area contributed by atoms with E-state index in [-0.39, 0.29) is 18.2 Å². The molecule has 0 saturated carbocycles. The standard InChI is InChI=1S/C24H25ClN4O5/c1-5-16-21(13-6-8-14(25)9-7-13)23-27-24(31)17(29(23)28-16)12-20(30)26-15-10-18(32-2)22(34-4)19(11-15)33-3/h6-11,17H,5,12H2,1-4H3,(H,26,30)(H,27,31). The molecular formula is C24H25ClN4O5. The van der Waals surface area contributed by atoms with Crippen molar-refractivity contribution in [3.63, 3.8) is 0 Å². The smallest absolute Gasteiger partial charge is 0.251 e. The SMILES string of the molecule is CCc1nn2c(c1-c1ccc(Cl)cc1)NC(=O)C2CC(=O)Nc1cc(OC)c(OC)c(OC)c1. The molecule has 178 valence electrons. The fraction of sp³-hybridized carbons (Fsp3) is 0.292. The molecule has 10 heteroatoms. The monoisotopic (exact) mass is 484 g/mol. The van der Waals surface area contributed by atoms with Crippen molar-refractivity contribution in [3.8, 4) is 28.4 Å². The third kappa shape index (κ3) is 4.26. The number of methoxy groups -OCH3 is 3. The lowest BCUT2D eigenvalue weighted by molar-refractivity contribution is -0.123. The van der Waals surface area contributed by atoms with E-state index in [9.17, 15) is 9.59 Å². The van der Waals surface area contributed by atoms with Crippen LogP contribution in [0.4, 0.5) is 11.5 Å². The molecule has 2 aromatic carbocycles. The van der Waals surface area contributed by atoms with Crippen molar-refractivity contribution in [1.82, 2.24) is 9.78 Å². The zero-order valence-electron chi connectivity index (χ0n) is 19.3. The number of aromatic nitrogens is 2. The maximum Gasteiger partial charge on any atom is 0.251 e. The van der Waals surface area contributed by atoms with Crippen LogP contribution in [0.5, 0.6) is 17.2 Å². The summed E-state index contributed by atoms with van der Waals surface area (Å²) in [6, 6.07) is 9.83. The average Bonchev–Trinajstić information content (AvgIpc) is 3.33. The summed E-state index contributed by atoms with van der Waals surface area (Å²) in [6.07, 6.45) is 0.568. The fourth-order valence-electron chi connectivity index (χ4n) is 4.03. The van der Waals surface area contributed by atoms with Crippen molar-refractivity contribution < 1.29 is 23.8 Å². The molecule has 2 heterocycles. The third-order valence-corrected chi connectivity index (χ3v) is 5.87. The van der Waals surface area contributed by atoms with Crippen LogP contribution in [0.25, 0.3) is 11.1 Å². The molecule has 34 heavy (non-hydrogen) atoms.